The average Bonchev–Trinajstić information content (AvgIpc) is 2.56. The molecule has 1 rings (SSSR count). The maximum absolute atomic E-state index is 9.31. The summed E-state index contributed by atoms with van der Waals surface area (Å²) in [6, 6.07) is 2.43. The zero-order valence-corrected chi connectivity index (χ0v) is 12.3. The van der Waals surface area contributed by atoms with Crippen molar-refractivity contribution in [1.82, 2.24) is 10.2 Å². The van der Waals surface area contributed by atoms with Crippen LogP contribution in [0, 0.1) is 17.2 Å². The van der Waals surface area contributed by atoms with Crippen molar-refractivity contribution in [3.05, 3.63) is 0 Å². The van der Waals surface area contributed by atoms with Crippen LogP contribution in [0.15, 0.2) is 0 Å². The van der Waals surface area contributed by atoms with E-state index in [2.05, 4.69) is 30.1 Å². The summed E-state index contributed by atoms with van der Waals surface area (Å²) in [4.78, 5) is 2.47. The SMILES string of the molecule is CCCC1CCCN(CC(C)(C#N)NCC)CC1. The number of nitrogens with one attached hydrogen (secondary N) is 1. The van der Waals surface area contributed by atoms with Crippen LogP contribution in [-0.4, -0.2) is 36.6 Å². The van der Waals surface area contributed by atoms with Gasteiger partial charge in [0.15, 0.2) is 0 Å². The van der Waals surface area contributed by atoms with E-state index < -0.39 is 0 Å². The second kappa shape index (κ2) is 7.76. The fraction of sp³-hybridized carbons (Fsp3) is 0.933. The molecular weight excluding hydrogens is 222 g/mol. The predicted octanol–water partition coefficient (Wildman–Crippen LogP) is 2.78. The van der Waals surface area contributed by atoms with Crippen molar-refractivity contribution >= 4 is 0 Å². The highest BCUT2D eigenvalue weighted by Gasteiger charge is 2.27. The van der Waals surface area contributed by atoms with Crippen molar-refractivity contribution in [1.29, 1.82) is 5.26 Å². The monoisotopic (exact) mass is 251 g/mol. The highest BCUT2D eigenvalue weighted by atomic mass is 15.2. The normalized spacial score (nSPS) is 25.1. The van der Waals surface area contributed by atoms with Crippen molar-refractivity contribution in [2.75, 3.05) is 26.2 Å². The number of nitriles is 1. The molecule has 0 amide bonds. The standard InChI is InChI=1S/C15H29N3/c1-4-7-14-8-6-10-18(11-9-14)13-15(3,12-16)17-5-2/h14,17H,4-11,13H2,1-3H3. The van der Waals surface area contributed by atoms with Gasteiger partial charge in [-0.1, -0.05) is 26.7 Å². The molecule has 1 aliphatic rings. The average molecular weight is 251 g/mol. The van der Waals surface area contributed by atoms with Crippen LogP contribution in [0.5, 0.6) is 0 Å². The fourth-order valence-corrected chi connectivity index (χ4v) is 3.05. The third-order valence-corrected chi connectivity index (χ3v) is 3.99. The second-order valence-electron chi connectivity index (χ2n) is 5.84. The lowest BCUT2D eigenvalue weighted by Crippen LogP contribution is -2.50. The van der Waals surface area contributed by atoms with Crippen LogP contribution in [0.1, 0.15) is 52.9 Å². The molecule has 104 valence electrons. The first-order valence-electron chi connectivity index (χ1n) is 7.52. The number of hydrogen-bond acceptors (Lipinski definition) is 3. The fourth-order valence-electron chi connectivity index (χ4n) is 3.05. The topological polar surface area (TPSA) is 39.1 Å². The number of nitrogens with zero attached hydrogens (tertiary/aromatic N) is 2. The Balaban J connectivity index is 2.45. The number of rotatable bonds is 6. The van der Waals surface area contributed by atoms with Gasteiger partial charge in [0.05, 0.1) is 6.07 Å². The van der Waals surface area contributed by atoms with Crippen molar-refractivity contribution in [2.45, 2.75) is 58.4 Å². The Morgan fingerprint density at radius 3 is 2.72 bits per heavy atom. The van der Waals surface area contributed by atoms with Crippen LogP contribution in [0.25, 0.3) is 0 Å². The maximum Gasteiger partial charge on any atom is 0.116 e. The largest absolute Gasteiger partial charge is 0.300 e. The number of hydrogen-bond donors (Lipinski definition) is 1. The van der Waals surface area contributed by atoms with Crippen LogP contribution in [-0.2, 0) is 0 Å². The first-order valence-corrected chi connectivity index (χ1v) is 7.52. The minimum atomic E-state index is -0.390. The van der Waals surface area contributed by atoms with E-state index in [-0.39, 0.29) is 5.54 Å². The second-order valence-corrected chi connectivity index (χ2v) is 5.84. The highest BCUT2D eigenvalue weighted by molar-refractivity contribution is 5.05. The third-order valence-electron chi connectivity index (χ3n) is 3.99. The molecule has 3 heteroatoms. The third kappa shape index (κ3) is 4.96. The van der Waals surface area contributed by atoms with Crippen molar-refractivity contribution < 1.29 is 0 Å². The van der Waals surface area contributed by atoms with Crippen molar-refractivity contribution in [3.8, 4) is 6.07 Å². The van der Waals surface area contributed by atoms with Gasteiger partial charge < -0.3 is 4.90 Å². The van der Waals surface area contributed by atoms with E-state index in [1.807, 2.05) is 6.92 Å². The molecule has 0 bridgehead atoms. The number of likely N-dealkylation sites (tertiary alicyclic amines) is 1. The summed E-state index contributed by atoms with van der Waals surface area (Å²) in [6.45, 7) is 10.4. The molecule has 1 fully saturated rings. The molecule has 1 saturated heterocycles. The Morgan fingerprint density at radius 1 is 1.33 bits per heavy atom. The lowest BCUT2D eigenvalue weighted by atomic mass is 9.96. The predicted molar refractivity (Wildman–Crippen MR) is 76.4 cm³/mol. The van der Waals surface area contributed by atoms with Gasteiger partial charge in [-0.15, -0.1) is 0 Å². The van der Waals surface area contributed by atoms with Crippen LogP contribution in [0.3, 0.4) is 0 Å². The van der Waals surface area contributed by atoms with Gasteiger partial charge in [-0.05, 0) is 51.7 Å². The molecule has 18 heavy (non-hydrogen) atoms. The number of likely N-dealkylation sites (N-methyl/N-ethyl adjacent to an activating group) is 1. The lowest BCUT2D eigenvalue weighted by molar-refractivity contribution is 0.225. The molecule has 0 spiro atoms. The summed E-state index contributed by atoms with van der Waals surface area (Å²) >= 11 is 0. The molecule has 0 aromatic heterocycles. The summed E-state index contributed by atoms with van der Waals surface area (Å²) in [6.07, 6.45) is 6.64. The van der Waals surface area contributed by atoms with Gasteiger partial charge in [0, 0.05) is 6.54 Å². The molecule has 2 atom stereocenters. The summed E-state index contributed by atoms with van der Waals surface area (Å²) in [5.41, 5.74) is -0.390. The molecule has 1 heterocycles. The molecule has 0 radical (unpaired) electrons. The minimum absolute atomic E-state index is 0.390. The highest BCUT2D eigenvalue weighted by Crippen LogP contribution is 2.22. The first-order chi connectivity index (χ1) is 8.63. The van der Waals surface area contributed by atoms with E-state index >= 15 is 0 Å². The first kappa shape index (κ1) is 15.5. The summed E-state index contributed by atoms with van der Waals surface area (Å²) in [5.74, 6) is 0.910. The van der Waals surface area contributed by atoms with E-state index in [1.165, 1.54) is 32.1 Å². The molecule has 2 unspecified atom stereocenters. The van der Waals surface area contributed by atoms with Crippen LogP contribution in [0.4, 0.5) is 0 Å². The van der Waals surface area contributed by atoms with Crippen molar-refractivity contribution in [3.63, 3.8) is 0 Å². The van der Waals surface area contributed by atoms with E-state index in [1.54, 1.807) is 0 Å². The summed E-state index contributed by atoms with van der Waals surface area (Å²) in [7, 11) is 0. The van der Waals surface area contributed by atoms with Crippen LogP contribution < -0.4 is 5.32 Å². The lowest BCUT2D eigenvalue weighted by Gasteiger charge is -2.30. The van der Waals surface area contributed by atoms with Crippen molar-refractivity contribution in [2.24, 2.45) is 5.92 Å². The molecule has 1 N–H and O–H groups in total. The molecule has 0 aliphatic carbocycles. The molecule has 0 saturated carbocycles. The maximum atomic E-state index is 9.31. The quantitative estimate of drug-likeness (QED) is 0.789. The Morgan fingerprint density at radius 2 is 2.11 bits per heavy atom. The van der Waals surface area contributed by atoms with Gasteiger partial charge >= 0.3 is 0 Å². The smallest absolute Gasteiger partial charge is 0.116 e. The minimum Gasteiger partial charge on any atom is -0.300 e. The Hall–Kier alpha value is -0.590. The Bertz CT molecular complexity index is 271. The van der Waals surface area contributed by atoms with Gasteiger partial charge in [-0.3, -0.25) is 5.32 Å². The van der Waals surface area contributed by atoms with Gasteiger partial charge in [0.1, 0.15) is 5.54 Å². The summed E-state index contributed by atoms with van der Waals surface area (Å²) < 4.78 is 0. The molecule has 1 aliphatic heterocycles. The molecule has 0 aromatic rings. The zero-order valence-electron chi connectivity index (χ0n) is 12.3. The molecule has 3 nitrogen and oxygen atoms in total. The van der Waals surface area contributed by atoms with Gasteiger partial charge in [0.2, 0.25) is 0 Å². The Kier molecular flexibility index (Phi) is 6.67. The zero-order chi connectivity index (χ0) is 13.4. The van der Waals surface area contributed by atoms with Crippen LogP contribution >= 0.6 is 0 Å². The Labute approximate surface area is 113 Å². The van der Waals surface area contributed by atoms with Gasteiger partial charge in [0.25, 0.3) is 0 Å². The van der Waals surface area contributed by atoms with Crippen LogP contribution in [0.2, 0.25) is 0 Å². The van der Waals surface area contributed by atoms with E-state index in [0.717, 1.165) is 32.1 Å². The van der Waals surface area contributed by atoms with Gasteiger partial charge in [-0.2, -0.15) is 5.26 Å². The van der Waals surface area contributed by atoms with E-state index in [0.29, 0.717) is 0 Å². The van der Waals surface area contributed by atoms with E-state index in [9.17, 15) is 5.26 Å². The van der Waals surface area contributed by atoms with Gasteiger partial charge in [-0.25, -0.2) is 0 Å². The van der Waals surface area contributed by atoms with E-state index in [4.69, 9.17) is 0 Å². The summed E-state index contributed by atoms with van der Waals surface area (Å²) in [5, 5.41) is 12.6. The molecule has 0 aromatic carbocycles. The molecular formula is C15H29N3.